The predicted molar refractivity (Wildman–Crippen MR) is 104 cm³/mol. The maximum atomic E-state index is 14.4. The Kier molecular flexibility index (Phi) is 5.41. The molecule has 2 aliphatic heterocycles. The normalized spacial score (nSPS) is 21.4. The van der Waals surface area contributed by atoms with Gasteiger partial charge in [0.05, 0.1) is 12.1 Å². The van der Waals surface area contributed by atoms with Crippen LogP contribution in [0.4, 0.5) is 22.0 Å². The van der Waals surface area contributed by atoms with Gasteiger partial charge in [-0.05, 0) is 13.3 Å². The van der Waals surface area contributed by atoms with Gasteiger partial charge in [-0.2, -0.15) is 0 Å². The Morgan fingerprint density at radius 2 is 1.85 bits per heavy atom. The number of aromatic nitrogens is 1. The van der Waals surface area contributed by atoms with Crippen molar-refractivity contribution >= 4 is 11.8 Å². The topological polar surface area (TPSA) is 91.6 Å². The lowest BCUT2D eigenvalue weighted by Gasteiger charge is -2.38. The first kappa shape index (κ1) is 22.7. The summed E-state index contributed by atoms with van der Waals surface area (Å²) in [6, 6.07) is -1.35. The van der Waals surface area contributed by atoms with Crippen LogP contribution in [-0.2, 0) is 6.54 Å². The Balaban J connectivity index is 1.69. The average molecular weight is 471 g/mol. The summed E-state index contributed by atoms with van der Waals surface area (Å²) in [5.74, 6) is -10.0. The molecule has 0 unspecified atom stereocenters. The van der Waals surface area contributed by atoms with Gasteiger partial charge in [0, 0.05) is 43.4 Å². The highest BCUT2D eigenvalue weighted by Gasteiger charge is 2.49. The summed E-state index contributed by atoms with van der Waals surface area (Å²) in [7, 11) is 0. The van der Waals surface area contributed by atoms with Gasteiger partial charge in [-0.1, -0.05) is 0 Å². The molecule has 2 bridgehead atoms. The lowest BCUT2D eigenvalue weighted by molar-refractivity contribution is -0.0640. The van der Waals surface area contributed by atoms with Crippen LogP contribution in [0.3, 0.4) is 0 Å². The third-order valence-electron chi connectivity index (χ3n) is 6.14. The second-order valence-electron chi connectivity index (χ2n) is 8.09. The van der Waals surface area contributed by atoms with Crippen LogP contribution in [0, 0.1) is 17.5 Å². The molecular formula is C21H18F5N3O4. The number of alkyl halides is 2. The Morgan fingerprint density at radius 1 is 1.21 bits per heavy atom. The molecule has 0 spiro atoms. The number of nitrogens with one attached hydrogen (secondary N) is 1. The number of hydrogen-bond acceptors (Lipinski definition) is 4. The fraction of sp³-hybridized carbons (Fsp3) is 0.381. The number of pyridine rings is 1. The van der Waals surface area contributed by atoms with Crippen molar-refractivity contribution in [3.8, 4) is 5.75 Å². The van der Waals surface area contributed by atoms with Crippen LogP contribution < -0.4 is 10.7 Å². The highest BCUT2D eigenvalue weighted by atomic mass is 19.3. The first-order valence-corrected chi connectivity index (χ1v) is 10.0. The molecule has 1 saturated heterocycles. The van der Waals surface area contributed by atoms with E-state index in [4.69, 9.17) is 0 Å². The maximum absolute atomic E-state index is 14.4. The molecule has 1 aromatic heterocycles. The number of carbonyl (C=O) groups is 2. The fourth-order valence-corrected chi connectivity index (χ4v) is 4.18. The van der Waals surface area contributed by atoms with E-state index in [1.807, 2.05) is 0 Å². The van der Waals surface area contributed by atoms with Crippen LogP contribution in [0.2, 0.25) is 0 Å². The Labute approximate surface area is 183 Å². The molecule has 0 radical (unpaired) electrons. The molecule has 12 heteroatoms. The zero-order valence-corrected chi connectivity index (χ0v) is 17.2. The van der Waals surface area contributed by atoms with E-state index in [-0.39, 0.29) is 13.0 Å². The van der Waals surface area contributed by atoms with E-state index in [0.717, 1.165) is 15.7 Å². The molecule has 2 aromatic rings. The van der Waals surface area contributed by atoms with Gasteiger partial charge >= 0.3 is 0 Å². The van der Waals surface area contributed by atoms with Gasteiger partial charge < -0.3 is 19.9 Å². The van der Waals surface area contributed by atoms with Gasteiger partial charge in [0.2, 0.25) is 5.43 Å². The highest BCUT2D eigenvalue weighted by molar-refractivity contribution is 5.99. The summed E-state index contributed by atoms with van der Waals surface area (Å²) in [5.41, 5.74) is -3.05. The SMILES string of the molecule is C[C@@H]1N2C[C@H](CCC1(F)F)n1cc(C(=O)NCc3c(F)cc(F)cc3F)c(=O)c(O)c1C2=O. The monoisotopic (exact) mass is 471 g/mol. The number of aromatic hydroxyl groups is 1. The first-order valence-electron chi connectivity index (χ1n) is 10.0. The number of nitrogens with zero attached hydrogens (tertiary/aromatic N) is 2. The molecule has 0 saturated carbocycles. The van der Waals surface area contributed by atoms with Crippen LogP contribution in [-0.4, -0.2) is 44.9 Å². The van der Waals surface area contributed by atoms with Gasteiger partial charge in [0.1, 0.15) is 23.0 Å². The minimum Gasteiger partial charge on any atom is -0.503 e. The number of fused-ring (bicyclic) bond motifs is 4. The van der Waals surface area contributed by atoms with E-state index >= 15 is 0 Å². The van der Waals surface area contributed by atoms with E-state index in [9.17, 15) is 41.4 Å². The zero-order valence-electron chi connectivity index (χ0n) is 17.2. The number of rotatable bonds is 3. The lowest BCUT2D eigenvalue weighted by Crippen LogP contribution is -2.52. The van der Waals surface area contributed by atoms with Crippen molar-refractivity contribution in [1.82, 2.24) is 14.8 Å². The smallest absolute Gasteiger partial charge is 0.275 e. The van der Waals surface area contributed by atoms with Crippen molar-refractivity contribution in [3.63, 3.8) is 0 Å². The number of hydrogen-bond donors (Lipinski definition) is 2. The first-order chi connectivity index (χ1) is 15.4. The molecule has 2 amide bonds. The van der Waals surface area contributed by atoms with E-state index in [1.54, 1.807) is 0 Å². The summed E-state index contributed by atoms with van der Waals surface area (Å²) in [5, 5.41) is 12.5. The quantitative estimate of drug-likeness (QED) is 0.674. The molecule has 2 atom stereocenters. The van der Waals surface area contributed by atoms with Gasteiger partial charge in [0.25, 0.3) is 17.7 Å². The van der Waals surface area contributed by atoms with Crippen LogP contribution in [0.5, 0.6) is 5.75 Å². The lowest BCUT2D eigenvalue weighted by atomic mass is 10.0. The molecule has 3 heterocycles. The van der Waals surface area contributed by atoms with Crippen LogP contribution in [0.1, 0.15) is 52.2 Å². The highest BCUT2D eigenvalue weighted by Crippen LogP contribution is 2.40. The summed E-state index contributed by atoms with van der Waals surface area (Å²) in [4.78, 5) is 38.9. The van der Waals surface area contributed by atoms with Crippen molar-refractivity contribution < 1.29 is 36.6 Å². The number of amides is 2. The van der Waals surface area contributed by atoms with E-state index in [1.165, 1.54) is 6.92 Å². The molecule has 33 heavy (non-hydrogen) atoms. The minimum absolute atomic E-state index is 0.0938. The third kappa shape index (κ3) is 3.72. The van der Waals surface area contributed by atoms with Crippen molar-refractivity contribution in [2.45, 2.75) is 44.3 Å². The second kappa shape index (κ2) is 7.85. The Morgan fingerprint density at radius 3 is 2.48 bits per heavy atom. The van der Waals surface area contributed by atoms with Crippen molar-refractivity contribution in [1.29, 1.82) is 0 Å². The van der Waals surface area contributed by atoms with Gasteiger partial charge in [0.15, 0.2) is 11.4 Å². The standard InChI is InChI=1S/C21H18F5N3O4/c1-9-21(25,26)3-2-11-7-28(9)20(33)16-18(31)17(30)13(8-29(11)16)19(32)27-6-12-14(23)4-10(22)5-15(12)24/h4-5,8-9,11,31H,2-3,6-7H2,1H3,(H,27,32)/t9-,11-/m0/s1. The zero-order chi connectivity index (χ0) is 24.2. The van der Waals surface area contributed by atoms with Crippen LogP contribution in [0.25, 0.3) is 0 Å². The molecule has 0 aliphatic carbocycles. The molecule has 176 valence electrons. The van der Waals surface area contributed by atoms with Gasteiger partial charge in [-0.25, -0.2) is 22.0 Å². The molecule has 1 fully saturated rings. The van der Waals surface area contributed by atoms with Gasteiger partial charge in [-0.3, -0.25) is 14.4 Å². The van der Waals surface area contributed by atoms with E-state index in [2.05, 4.69) is 5.32 Å². The van der Waals surface area contributed by atoms with Crippen molar-refractivity contribution in [3.05, 3.63) is 62.8 Å². The third-order valence-corrected chi connectivity index (χ3v) is 6.14. The number of benzene rings is 1. The molecular weight excluding hydrogens is 453 g/mol. The minimum atomic E-state index is -3.19. The molecule has 7 nitrogen and oxygen atoms in total. The fourth-order valence-electron chi connectivity index (χ4n) is 4.18. The van der Waals surface area contributed by atoms with E-state index < -0.39 is 88.2 Å². The summed E-state index contributed by atoms with van der Waals surface area (Å²) < 4.78 is 70.5. The van der Waals surface area contributed by atoms with Crippen molar-refractivity contribution in [2.24, 2.45) is 0 Å². The summed E-state index contributed by atoms with van der Waals surface area (Å²) >= 11 is 0. The average Bonchev–Trinajstić information content (AvgIpc) is 2.83. The molecule has 1 aromatic carbocycles. The number of halogens is 5. The van der Waals surface area contributed by atoms with E-state index in [0.29, 0.717) is 12.1 Å². The van der Waals surface area contributed by atoms with Crippen LogP contribution in [0.15, 0.2) is 23.1 Å². The number of carbonyl (C=O) groups excluding carboxylic acids is 2. The molecule has 2 aliphatic rings. The van der Waals surface area contributed by atoms with Gasteiger partial charge in [-0.15, -0.1) is 0 Å². The summed E-state index contributed by atoms with van der Waals surface area (Å²) in [6.45, 7) is 0.331. The summed E-state index contributed by atoms with van der Waals surface area (Å²) in [6.07, 6.45) is 0.321. The molecule has 4 rings (SSSR count). The molecule has 2 N–H and O–H groups in total. The van der Waals surface area contributed by atoms with Crippen molar-refractivity contribution in [2.75, 3.05) is 6.54 Å². The largest absolute Gasteiger partial charge is 0.503 e. The Bertz CT molecular complexity index is 1210. The second-order valence-corrected chi connectivity index (χ2v) is 8.09. The Hall–Kier alpha value is -3.44. The predicted octanol–water partition coefficient (Wildman–Crippen LogP) is 2.72. The maximum Gasteiger partial charge on any atom is 0.275 e. The van der Waals surface area contributed by atoms with Crippen LogP contribution >= 0.6 is 0 Å².